The van der Waals surface area contributed by atoms with Gasteiger partial charge in [-0.05, 0) is 65.7 Å². The maximum absolute atomic E-state index is 13.6. The number of halogens is 1. The number of methoxy groups -OCH3 is 2. The Kier molecular flexibility index (Phi) is 6.20. The third kappa shape index (κ3) is 4.20. The molecule has 2 aliphatic rings. The Morgan fingerprint density at radius 2 is 1.61 bits per heavy atom. The van der Waals surface area contributed by atoms with Crippen LogP contribution in [0.15, 0.2) is 71.8 Å². The topological polar surface area (TPSA) is 88.5 Å². The summed E-state index contributed by atoms with van der Waals surface area (Å²) in [5.41, 5.74) is 3.01. The average molecular weight is 504 g/mol. The predicted molar refractivity (Wildman–Crippen MR) is 135 cm³/mol. The van der Waals surface area contributed by atoms with Gasteiger partial charge in [0.1, 0.15) is 18.0 Å². The summed E-state index contributed by atoms with van der Waals surface area (Å²) < 4.78 is 10.5. The number of hydrazone groups is 1. The van der Waals surface area contributed by atoms with Crippen molar-refractivity contribution in [3.05, 3.63) is 88.4 Å². The number of anilines is 1. The van der Waals surface area contributed by atoms with Crippen LogP contribution in [0.25, 0.3) is 0 Å². The minimum absolute atomic E-state index is 0.191. The van der Waals surface area contributed by atoms with Gasteiger partial charge in [0.2, 0.25) is 0 Å². The molecule has 0 fully saturated rings. The molecule has 3 aromatic rings. The lowest BCUT2D eigenvalue weighted by molar-refractivity contribution is -0.132. The van der Waals surface area contributed by atoms with Crippen molar-refractivity contribution in [2.24, 2.45) is 5.10 Å². The highest BCUT2D eigenvalue weighted by molar-refractivity contribution is 6.53. The first-order chi connectivity index (χ1) is 17.4. The van der Waals surface area contributed by atoms with E-state index in [0.717, 1.165) is 16.8 Å². The first-order valence-corrected chi connectivity index (χ1v) is 11.6. The molecule has 1 atom stereocenters. The van der Waals surface area contributed by atoms with Crippen molar-refractivity contribution in [3.8, 4) is 11.5 Å². The fourth-order valence-corrected chi connectivity index (χ4v) is 4.59. The fourth-order valence-electron chi connectivity index (χ4n) is 4.42. The van der Waals surface area contributed by atoms with Crippen LogP contribution < -0.4 is 14.4 Å². The van der Waals surface area contributed by atoms with Crippen molar-refractivity contribution in [1.82, 2.24) is 5.01 Å². The number of ketones is 1. The van der Waals surface area contributed by atoms with E-state index in [9.17, 15) is 14.4 Å². The van der Waals surface area contributed by atoms with Gasteiger partial charge in [0.25, 0.3) is 17.6 Å². The predicted octanol–water partition coefficient (Wildman–Crippen LogP) is 4.26. The second-order valence-corrected chi connectivity index (χ2v) is 8.82. The number of rotatable bonds is 6. The second kappa shape index (κ2) is 9.47. The van der Waals surface area contributed by atoms with E-state index in [1.54, 1.807) is 26.4 Å². The van der Waals surface area contributed by atoms with Crippen LogP contribution in [-0.2, 0) is 9.59 Å². The van der Waals surface area contributed by atoms with Crippen molar-refractivity contribution < 1.29 is 23.9 Å². The van der Waals surface area contributed by atoms with E-state index in [2.05, 4.69) is 5.10 Å². The lowest BCUT2D eigenvalue weighted by atomic mass is 9.98. The molecule has 9 heteroatoms. The van der Waals surface area contributed by atoms with E-state index >= 15 is 0 Å². The number of Topliss-reactive ketones (excluding diaryl/α,β-unsaturated/α-hetero) is 1. The lowest BCUT2D eigenvalue weighted by Gasteiger charge is -2.25. The Morgan fingerprint density at radius 3 is 2.25 bits per heavy atom. The molecule has 0 N–H and O–H groups in total. The highest BCUT2D eigenvalue weighted by Gasteiger charge is 2.40. The number of carbonyl (C=O) groups is 3. The van der Waals surface area contributed by atoms with Gasteiger partial charge in [0.05, 0.1) is 37.2 Å². The fraction of sp³-hybridized carbons (Fsp3) is 0.185. The molecule has 182 valence electrons. The van der Waals surface area contributed by atoms with Crippen LogP contribution in [0.4, 0.5) is 5.69 Å². The van der Waals surface area contributed by atoms with Gasteiger partial charge in [-0.25, -0.2) is 5.01 Å². The molecule has 0 saturated heterocycles. The molecule has 2 heterocycles. The van der Waals surface area contributed by atoms with Crippen molar-refractivity contribution in [3.63, 3.8) is 0 Å². The third-order valence-corrected chi connectivity index (χ3v) is 6.55. The molecule has 8 nitrogen and oxygen atoms in total. The number of benzene rings is 3. The van der Waals surface area contributed by atoms with Crippen LogP contribution in [0.3, 0.4) is 0 Å². The molecule has 0 bridgehead atoms. The van der Waals surface area contributed by atoms with Crippen LogP contribution in [0.2, 0.25) is 5.02 Å². The van der Waals surface area contributed by atoms with Crippen molar-refractivity contribution in [2.45, 2.75) is 12.5 Å². The van der Waals surface area contributed by atoms with Crippen LogP contribution >= 0.6 is 11.6 Å². The number of amides is 2. The molecule has 0 aliphatic carbocycles. The Hall–Kier alpha value is -4.17. The summed E-state index contributed by atoms with van der Waals surface area (Å²) in [4.78, 5) is 39.9. The second-order valence-electron chi connectivity index (χ2n) is 8.39. The summed E-state index contributed by atoms with van der Waals surface area (Å²) in [5.74, 6) is -0.449. The molecule has 2 aliphatic heterocycles. The van der Waals surface area contributed by atoms with Crippen LogP contribution in [0, 0.1) is 0 Å². The summed E-state index contributed by atoms with van der Waals surface area (Å²) >= 11 is 6.00. The highest BCUT2D eigenvalue weighted by atomic mass is 35.5. The van der Waals surface area contributed by atoms with Gasteiger partial charge >= 0.3 is 0 Å². The Labute approximate surface area is 212 Å². The molecule has 3 aromatic carbocycles. The molecule has 0 spiro atoms. The summed E-state index contributed by atoms with van der Waals surface area (Å²) in [6, 6.07) is 19.1. The largest absolute Gasteiger partial charge is 0.497 e. The van der Waals surface area contributed by atoms with Crippen LogP contribution in [-0.4, -0.2) is 49.1 Å². The number of ether oxygens (including phenoxy) is 2. The van der Waals surface area contributed by atoms with Gasteiger partial charge < -0.3 is 9.47 Å². The molecule has 0 radical (unpaired) electrons. The minimum Gasteiger partial charge on any atom is -0.497 e. The average Bonchev–Trinajstić information content (AvgIpc) is 3.45. The molecular formula is C27H22ClN3O5. The first-order valence-electron chi connectivity index (χ1n) is 11.2. The minimum atomic E-state index is -0.764. The maximum Gasteiger partial charge on any atom is 0.299 e. The van der Waals surface area contributed by atoms with E-state index in [1.165, 1.54) is 16.0 Å². The summed E-state index contributed by atoms with van der Waals surface area (Å²) in [6.07, 6.45) is 0.476. The monoisotopic (exact) mass is 503 g/mol. The van der Waals surface area contributed by atoms with Gasteiger partial charge in [0, 0.05) is 11.4 Å². The van der Waals surface area contributed by atoms with E-state index in [-0.39, 0.29) is 12.1 Å². The van der Waals surface area contributed by atoms with Crippen LogP contribution in [0.5, 0.6) is 11.5 Å². The molecule has 0 saturated carbocycles. The zero-order chi connectivity index (χ0) is 25.4. The lowest BCUT2D eigenvalue weighted by Crippen LogP contribution is -2.40. The van der Waals surface area contributed by atoms with E-state index in [0.29, 0.717) is 28.6 Å². The zero-order valence-electron chi connectivity index (χ0n) is 19.6. The number of fused-ring (bicyclic) bond motifs is 1. The van der Waals surface area contributed by atoms with E-state index in [1.807, 2.05) is 48.5 Å². The number of hydrogen-bond donors (Lipinski definition) is 0. The van der Waals surface area contributed by atoms with Crippen molar-refractivity contribution in [1.29, 1.82) is 0 Å². The van der Waals surface area contributed by atoms with Gasteiger partial charge in [-0.1, -0.05) is 23.7 Å². The van der Waals surface area contributed by atoms with Gasteiger partial charge in [-0.3, -0.25) is 19.3 Å². The molecule has 2 amide bonds. The highest BCUT2D eigenvalue weighted by Crippen LogP contribution is 2.36. The summed E-state index contributed by atoms with van der Waals surface area (Å²) in [5, 5.41) is 6.39. The SMILES string of the molecule is COc1ccc(C2=NN(C(=O)CN3C(=O)C(=O)c4cc(Cl)ccc43)C(c3ccc(OC)cc3)C2)cc1. The van der Waals surface area contributed by atoms with Gasteiger partial charge in [-0.2, -0.15) is 5.10 Å². The Balaban J connectivity index is 1.47. The molecule has 0 aromatic heterocycles. The maximum atomic E-state index is 13.6. The third-order valence-electron chi connectivity index (χ3n) is 6.32. The standard InChI is InChI=1S/C27H22ClN3O5/c1-35-19-8-3-16(4-9-19)22-14-24(17-5-10-20(36-2)11-6-17)31(29-22)25(32)15-30-23-12-7-18(28)13-21(23)26(33)27(30)34/h3-13,24H,14-15H2,1-2H3. The van der Waals surface area contributed by atoms with Gasteiger partial charge in [0.15, 0.2) is 0 Å². The van der Waals surface area contributed by atoms with Gasteiger partial charge in [-0.15, -0.1) is 0 Å². The van der Waals surface area contributed by atoms with E-state index in [4.69, 9.17) is 21.1 Å². The van der Waals surface area contributed by atoms with Crippen molar-refractivity contribution >= 4 is 40.6 Å². The molecular weight excluding hydrogens is 482 g/mol. The molecule has 1 unspecified atom stereocenters. The zero-order valence-corrected chi connectivity index (χ0v) is 20.4. The summed E-state index contributed by atoms with van der Waals surface area (Å²) in [7, 11) is 3.18. The smallest absolute Gasteiger partial charge is 0.299 e. The quantitative estimate of drug-likeness (QED) is 0.469. The molecule has 36 heavy (non-hydrogen) atoms. The number of carbonyl (C=O) groups excluding carboxylic acids is 3. The van der Waals surface area contributed by atoms with Crippen LogP contribution in [0.1, 0.15) is 33.9 Å². The summed E-state index contributed by atoms with van der Waals surface area (Å²) in [6.45, 7) is -0.328. The normalized spacial score (nSPS) is 16.8. The number of nitrogens with zero attached hydrogens (tertiary/aromatic N) is 3. The molecule has 5 rings (SSSR count). The first kappa shape index (κ1) is 23.6. The van der Waals surface area contributed by atoms with Crippen molar-refractivity contribution in [2.75, 3.05) is 25.7 Å². The van der Waals surface area contributed by atoms with E-state index < -0.39 is 23.6 Å². The Bertz CT molecular complexity index is 1390. The number of hydrogen-bond acceptors (Lipinski definition) is 6. The Morgan fingerprint density at radius 1 is 0.972 bits per heavy atom.